The number of para-hydroxylation sites is 1. The fourth-order valence-electron chi connectivity index (χ4n) is 5.36. The first-order valence-electron chi connectivity index (χ1n) is 13.0. The van der Waals surface area contributed by atoms with E-state index in [0.29, 0.717) is 17.5 Å². The summed E-state index contributed by atoms with van der Waals surface area (Å²) >= 11 is 0. The zero-order valence-electron chi connectivity index (χ0n) is 20.9. The SMILES string of the molecule is c1ccc(-c2nc(-c3ccc4ccccc4c3)nc(-c3cccc4cc5oc6ccccc6c5cc34)n2)cc1. The number of benzene rings is 6. The minimum absolute atomic E-state index is 0.643. The Bertz CT molecular complexity index is 2180. The van der Waals surface area contributed by atoms with E-state index in [2.05, 4.69) is 72.8 Å². The topological polar surface area (TPSA) is 51.8 Å². The van der Waals surface area contributed by atoms with Gasteiger partial charge in [0.1, 0.15) is 11.2 Å². The molecule has 0 aliphatic rings. The van der Waals surface area contributed by atoms with E-state index < -0.39 is 0 Å². The van der Waals surface area contributed by atoms with Crippen LogP contribution in [0.3, 0.4) is 0 Å². The average Bonchev–Trinajstić information content (AvgIpc) is 3.37. The van der Waals surface area contributed by atoms with Gasteiger partial charge in [0, 0.05) is 27.5 Å². The molecule has 4 heteroatoms. The van der Waals surface area contributed by atoms with E-state index in [0.717, 1.165) is 54.8 Å². The molecule has 0 amide bonds. The third kappa shape index (κ3) is 3.65. The van der Waals surface area contributed by atoms with Crippen molar-refractivity contribution in [1.82, 2.24) is 15.0 Å². The first kappa shape index (κ1) is 21.7. The molecular weight excluding hydrogens is 478 g/mol. The zero-order chi connectivity index (χ0) is 25.8. The Morgan fingerprint density at radius 3 is 2.00 bits per heavy atom. The third-order valence-electron chi connectivity index (χ3n) is 7.29. The highest BCUT2D eigenvalue weighted by Crippen LogP contribution is 2.36. The van der Waals surface area contributed by atoms with Gasteiger partial charge in [0.05, 0.1) is 0 Å². The minimum atomic E-state index is 0.643. The molecule has 2 heterocycles. The van der Waals surface area contributed by atoms with E-state index >= 15 is 0 Å². The standard InChI is InChI=1S/C35H21N3O/c1-2-10-23(11-3-1)33-36-34(26-18-17-22-9-4-5-12-24(22)19-26)38-35(37-33)28-15-8-13-25-20-32-30(21-29(25)28)27-14-6-7-16-31(27)39-32/h1-21H. The summed E-state index contributed by atoms with van der Waals surface area (Å²) in [4.78, 5) is 15.0. The molecule has 39 heavy (non-hydrogen) atoms. The van der Waals surface area contributed by atoms with Gasteiger partial charge in [0.25, 0.3) is 0 Å². The Morgan fingerprint density at radius 1 is 0.385 bits per heavy atom. The average molecular weight is 500 g/mol. The van der Waals surface area contributed by atoms with Crippen LogP contribution in [0.25, 0.3) is 77.6 Å². The van der Waals surface area contributed by atoms with Crippen molar-refractivity contribution < 1.29 is 4.42 Å². The van der Waals surface area contributed by atoms with Crippen LogP contribution in [0.5, 0.6) is 0 Å². The van der Waals surface area contributed by atoms with E-state index in [1.807, 2.05) is 54.6 Å². The van der Waals surface area contributed by atoms with Gasteiger partial charge in [-0.1, -0.05) is 103 Å². The fraction of sp³-hybridized carbons (Fsp3) is 0. The van der Waals surface area contributed by atoms with Gasteiger partial charge in [-0.05, 0) is 45.8 Å². The van der Waals surface area contributed by atoms with Crippen molar-refractivity contribution in [3.05, 3.63) is 127 Å². The molecule has 8 aromatic rings. The second-order valence-electron chi connectivity index (χ2n) is 9.71. The maximum atomic E-state index is 6.15. The van der Waals surface area contributed by atoms with Crippen molar-refractivity contribution in [3.63, 3.8) is 0 Å². The highest BCUT2D eigenvalue weighted by molar-refractivity contribution is 6.12. The Labute approximate surface area is 224 Å². The molecule has 4 nitrogen and oxygen atoms in total. The Kier molecular flexibility index (Phi) is 4.79. The van der Waals surface area contributed by atoms with Crippen LogP contribution in [0.15, 0.2) is 132 Å². The Balaban J connectivity index is 1.39. The van der Waals surface area contributed by atoms with Crippen molar-refractivity contribution in [1.29, 1.82) is 0 Å². The van der Waals surface area contributed by atoms with Gasteiger partial charge in [0.2, 0.25) is 0 Å². The van der Waals surface area contributed by atoms with Crippen LogP contribution in [-0.4, -0.2) is 15.0 Å². The van der Waals surface area contributed by atoms with Crippen LogP contribution < -0.4 is 0 Å². The smallest absolute Gasteiger partial charge is 0.164 e. The van der Waals surface area contributed by atoms with Crippen LogP contribution in [0, 0.1) is 0 Å². The van der Waals surface area contributed by atoms with E-state index in [1.165, 1.54) is 5.39 Å². The van der Waals surface area contributed by atoms with Gasteiger partial charge in [-0.2, -0.15) is 0 Å². The summed E-state index contributed by atoms with van der Waals surface area (Å²) in [6.45, 7) is 0. The Morgan fingerprint density at radius 2 is 1.10 bits per heavy atom. The van der Waals surface area contributed by atoms with Gasteiger partial charge in [-0.15, -0.1) is 0 Å². The molecule has 0 atom stereocenters. The van der Waals surface area contributed by atoms with E-state index in [1.54, 1.807) is 0 Å². The normalized spacial score (nSPS) is 11.6. The summed E-state index contributed by atoms with van der Waals surface area (Å²) in [7, 11) is 0. The number of furan rings is 1. The lowest BCUT2D eigenvalue weighted by atomic mass is 10.0. The molecule has 182 valence electrons. The van der Waals surface area contributed by atoms with Crippen LogP contribution in [-0.2, 0) is 0 Å². The number of hydrogen-bond donors (Lipinski definition) is 0. The molecule has 0 N–H and O–H groups in total. The molecule has 6 aromatic carbocycles. The van der Waals surface area contributed by atoms with Crippen molar-refractivity contribution in [2.75, 3.05) is 0 Å². The summed E-state index contributed by atoms with van der Waals surface area (Å²) in [5.74, 6) is 1.94. The minimum Gasteiger partial charge on any atom is -0.456 e. The monoisotopic (exact) mass is 499 g/mol. The van der Waals surface area contributed by atoms with Crippen molar-refractivity contribution >= 4 is 43.5 Å². The molecule has 0 spiro atoms. The lowest BCUT2D eigenvalue weighted by Gasteiger charge is -2.11. The van der Waals surface area contributed by atoms with E-state index in [4.69, 9.17) is 19.4 Å². The summed E-state index contributed by atoms with van der Waals surface area (Å²) in [6.07, 6.45) is 0. The molecule has 2 aromatic heterocycles. The molecule has 0 saturated carbocycles. The van der Waals surface area contributed by atoms with Gasteiger partial charge in [0.15, 0.2) is 17.5 Å². The number of aromatic nitrogens is 3. The summed E-state index contributed by atoms with van der Waals surface area (Å²) in [5.41, 5.74) is 4.62. The van der Waals surface area contributed by atoms with E-state index in [-0.39, 0.29) is 0 Å². The first-order chi connectivity index (χ1) is 19.3. The largest absolute Gasteiger partial charge is 0.456 e. The van der Waals surface area contributed by atoms with Crippen LogP contribution >= 0.6 is 0 Å². The van der Waals surface area contributed by atoms with Crippen LogP contribution in [0.4, 0.5) is 0 Å². The quantitative estimate of drug-likeness (QED) is 0.243. The second-order valence-corrected chi connectivity index (χ2v) is 9.71. The van der Waals surface area contributed by atoms with Gasteiger partial charge >= 0.3 is 0 Å². The number of rotatable bonds is 3. The summed E-state index contributed by atoms with van der Waals surface area (Å²) in [6, 6.07) is 43.5. The van der Waals surface area contributed by atoms with Gasteiger partial charge < -0.3 is 4.42 Å². The third-order valence-corrected chi connectivity index (χ3v) is 7.29. The lowest BCUT2D eigenvalue weighted by molar-refractivity contribution is 0.669. The maximum absolute atomic E-state index is 6.15. The highest BCUT2D eigenvalue weighted by atomic mass is 16.3. The number of fused-ring (bicyclic) bond motifs is 5. The highest BCUT2D eigenvalue weighted by Gasteiger charge is 2.16. The molecule has 8 rings (SSSR count). The molecule has 0 unspecified atom stereocenters. The van der Waals surface area contributed by atoms with Crippen molar-refractivity contribution in [2.45, 2.75) is 0 Å². The molecular formula is C35H21N3O. The maximum Gasteiger partial charge on any atom is 0.164 e. The van der Waals surface area contributed by atoms with E-state index in [9.17, 15) is 0 Å². The fourth-order valence-corrected chi connectivity index (χ4v) is 5.36. The zero-order valence-corrected chi connectivity index (χ0v) is 20.9. The van der Waals surface area contributed by atoms with Crippen LogP contribution in [0.2, 0.25) is 0 Å². The predicted octanol–water partition coefficient (Wildman–Crippen LogP) is 9.08. The number of hydrogen-bond acceptors (Lipinski definition) is 4. The van der Waals surface area contributed by atoms with Crippen LogP contribution in [0.1, 0.15) is 0 Å². The van der Waals surface area contributed by atoms with Crippen molar-refractivity contribution in [3.8, 4) is 34.2 Å². The summed E-state index contributed by atoms with van der Waals surface area (Å²) in [5, 5.41) is 6.67. The van der Waals surface area contributed by atoms with Crippen molar-refractivity contribution in [2.24, 2.45) is 0 Å². The molecule has 0 radical (unpaired) electrons. The second kappa shape index (κ2) is 8.61. The lowest BCUT2D eigenvalue weighted by Crippen LogP contribution is -2.00. The first-order valence-corrected chi connectivity index (χ1v) is 13.0. The predicted molar refractivity (Wildman–Crippen MR) is 158 cm³/mol. The summed E-state index contributed by atoms with van der Waals surface area (Å²) < 4.78 is 6.15. The van der Waals surface area contributed by atoms with Gasteiger partial charge in [-0.25, -0.2) is 15.0 Å². The van der Waals surface area contributed by atoms with Gasteiger partial charge in [-0.3, -0.25) is 0 Å². The molecule has 0 bridgehead atoms. The molecule has 0 aliphatic carbocycles. The molecule has 0 aliphatic heterocycles. The number of nitrogens with zero attached hydrogens (tertiary/aromatic N) is 3. The Hall–Kier alpha value is -5.35. The molecule has 0 saturated heterocycles. The molecule has 0 fully saturated rings.